The van der Waals surface area contributed by atoms with E-state index in [1.807, 2.05) is 9.80 Å². The van der Waals surface area contributed by atoms with E-state index in [1.54, 1.807) is 0 Å². The van der Waals surface area contributed by atoms with Gasteiger partial charge in [-0.1, -0.05) is 0 Å². The maximum Gasteiger partial charge on any atom is 0.320 e. The highest BCUT2D eigenvalue weighted by molar-refractivity contribution is 5.79. The molecule has 2 amide bonds. The maximum atomic E-state index is 12.6. The van der Waals surface area contributed by atoms with Gasteiger partial charge in [0.25, 0.3) is 0 Å². The van der Waals surface area contributed by atoms with E-state index < -0.39 is 0 Å². The summed E-state index contributed by atoms with van der Waals surface area (Å²) in [6, 6.07) is 0.460. The molecule has 1 N–H and O–H groups in total. The number of carbonyl (C=O) groups is 2. The van der Waals surface area contributed by atoms with Crippen LogP contribution in [0.1, 0.15) is 32.6 Å². The monoisotopic (exact) mass is 295 g/mol. The predicted molar refractivity (Wildman–Crippen MR) is 77.8 cm³/mol. The first-order chi connectivity index (χ1) is 10.0. The molecule has 0 aromatic rings. The fraction of sp³-hybridized carbons (Fsp3) is 0.867. The van der Waals surface area contributed by atoms with Crippen LogP contribution in [-0.4, -0.2) is 66.7 Å². The van der Waals surface area contributed by atoms with Gasteiger partial charge in [-0.2, -0.15) is 0 Å². The average Bonchev–Trinajstić information content (AvgIpc) is 2.78. The molecule has 2 saturated heterocycles. The number of hydrogen-bond acceptors (Lipinski definition) is 4. The van der Waals surface area contributed by atoms with E-state index >= 15 is 0 Å². The summed E-state index contributed by atoms with van der Waals surface area (Å²) in [6.45, 7) is 5.50. The van der Waals surface area contributed by atoms with Crippen LogP contribution in [0.5, 0.6) is 0 Å². The van der Waals surface area contributed by atoms with E-state index in [1.165, 1.54) is 7.11 Å². The number of fused-ring (bicyclic) bond motifs is 1. The van der Waals surface area contributed by atoms with Gasteiger partial charge in [0.1, 0.15) is 0 Å². The number of ether oxygens (including phenoxy) is 1. The van der Waals surface area contributed by atoms with Crippen LogP contribution in [0.3, 0.4) is 0 Å². The summed E-state index contributed by atoms with van der Waals surface area (Å²) in [5.41, 5.74) is -0.0749. The summed E-state index contributed by atoms with van der Waals surface area (Å²) in [5.74, 6) is -0.0847. The highest BCUT2D eigenvalue weighted by Gasteiger charge is 2.49. The number of nitrogens with one attached hydrogen (secondary N) is 1. The molecule has 2 heterocycles. The quantitative estimate of drug-likeness (QED) is 0.766. The number of nitrogens with zero attached hydrogens (tertiary/aromatic N) is 2. The molecule has 21 heavy (non-hydrogen) atoms. The first-order valence-electron chi connectivity index (χ1n) is 7.92. The molecule has 118 valence electrons. The van der Waals surface area contributed by atoms with E-state index in [0.717, 1.165) is 51.9 Å². The van der Waals surface area contributed by atoms with Crippen LogP contribution in [0.15, 0.2) is 0 Å². The number of rotatable bonds is 2. The third-order valence-corrected chi connectivity index (χ3v) is 5.33. The van der Waals surface area contributed by atoms with Crippen molar-refractivity contribution in [1.29, 1.82) is 0 Å². The van der Waals surface area contributed by atoms with Crippen molar-refractivity contribution < 1.29 is 14.3 Å². The number of amides is 2. The molecule has 0 unspecified atom stereocenters. The lowest BCUT2D eigenvalue weighted by atomic mass is 9.85. The van der Waals surface area contributed by atoms with E-state index in [0.29, 0.717) is 0 Å². The molecule has 3 aliphatic rings. The van der Waals surface area contributed by atoms with Gasteiger partial charge in [-0.05, 0) is 32.6 Å². The third-order valence-electron chi connectivity index (χ3n) is 5.33. The summed E-state index contributed by atoms with van der Waals surface area (Å²) >= 11 is 0. The van der Waals surface area contributed by atoms with Crippen LogP contribution in [0, 0.1) is 5.92 Å². The number of esters is 1. The fourth-order valence-corrected chi connectivity index (χ4v) is 4.05. The van der Waals surface area contributed by atoms with E-state index in [2.05, 4.69) is 12.2 Å². The Morgan fingerprint density at radius 1 is 1.33 bits per heavy atom. The molecule has 6 nitrogen and oxygen atoms in total. The van der Waals surface area contributed by atoms with Gasteiger partial charge < -0.3 is 19.9 Å². The number of methoxy groups -OCH3 is 1. The normalized spacial score (nSPS) is 36.6. The minimum absolute atomic E-state index is 0.0174. The minimum atomic E-state index is -0.102. The van der Waals surface area contributed by atoms with Crippen molar-refractivity contribution in [1.82, 2.24) is 15.1 Å². The van der Waals surface area contributed by atoms with Crippen molar-refractivity contribution >= 4 is 12.0 Å². The van der Waals surface area contributed by atoms with Gasteiger partial charge in [0, 0.05) is 32.2 Å². The van der Waals surface area contributed by atoms with Crippen LogP contribution in [0.25, 0.3) is 0 Å². The van der Waals surface area contributed by atoms with Crippen LogP contribution >= 0.6 is 0 Å². The number of piperazine rings is 1. The largest absolute Gasteiger partial charge is 0.469 e. The molecule has 1 atom stereocenters. The number of hydrogen-bond donors (Lipinski definition) is 1. The minimum Gasteiger partial charge on any atom is -0.469 e. The topological polar surface area (TPSA) is 61.9 Å². The Balaban J connectivity index is 1.64. The first-order valence-corrected chi connectivity index (χ1v) is 7.92. The van der Waals surface area contributed by atoms with Crippen molar-refractivity contribution in [3.63, 3.8) is 0 Å². The Labute approximate surface area is 125 Å². The molecule has 0 spiro atoms. The van der Waals surface area contributed by atoms with Crippen molar-refractivity contribution in [3.05, 3.63) is 0 Å². The molecular formula is C15H25N3O3. The van der Waals surface area contributed by atoms with Gasteiger partial charge in [0.05, 0.1) is 18.6 Å². The van der Waals surface area contributed by atoms with E-state index in [4.69, 9.17) is 4.74 Å². The summed E-state index contributed by atoms with van der Waals surface area (Å²) in [4.78, 5) is 28.3. The zero-order valence-electron chi connectivity index (χ0n) is 12.9. The summed E-state index contributed by atoms with van der Waals surface area (Å²) in [7, 11) is 1.45. The second-order valence-corrected chi connectivity index (χ2v) is 6.76. The van der Waals surface area contributed by atoms with Crippen molar-refractivity contribution in [2.75, 3.05) is 33.3 Å². The average molecular weight is 295 g/mol. The van der Waals surface area contributed by atoms with Crippen LogP contribution in [0.2, 0.25) is 0 Å². The molecule has 0 aromatic heterocycles. The Morgan fingerprint density at radius 3 is 2.67 bits per heavy atom. The van der Waals surface area contributed by atoms with Gasteiger partial charge in [0.15, 0.2) is 0 Å². The van der Waals surface area contributed by atoms with E-state index in [9.17, 15) is 9.59 Å². The molecule has 3 fully saturated rings. The lowest BCUT2D eigenvalue weighted by Gasteiger charge is -2.38. The van der Waals surface area contributed by atoms with Gasteiger partial charge in [-0.3, -0.25) is 4.79 Å². The summed E-state index contributed by atoms with van der Waals surface area (Å²) in [6.07, 6.45) is 3.47. The Bertz CT molecular complexity index is 434. The van der Waals surface area contributed by atoms with Crippen LogP contribution in [0.4, 0.5) is 4.79 Å². The van der Waals surface area contributed by atoms with Gasteiger partial charge >= 0.3 is 12.0 Å². The van der Waals surface area contributed by atoms with Crippen molar-refractivity contribution in [2.24, 2.45) is 5.92 Å². The van der Waals surface area contributed by atoms with Gasteiger partial charge in [-0.25, -0.2) is 4.79 Å². The van der Waals surface area contributed by atoms with Crippen LogP contribution in [-0.2, 0) is 9.53 Å². The van der Waals surface area contributed by atoms with Gasteiger partial charge in [0.2, 0.25) is 0 Å². The van der Waals surface area contributed by atoms with E-state index in [-0.39, 0.29) is 29.5 Å². The Hall–Kier alpha value is -1.30. The van der Waals surface area contributed by atoms with Crippen molar-refractivity contribution in [2.45, 2.75) is 44.2 Å². The standard InChI is InChI=1S/C15H25N3O3/c1-15-9-16-7-8-18(15)14(20)17(10-15)12-5-3-11(4-6-12)13(19)21-2/h11-12,16H,3-10H2,1-2H3/t11?,12?,15-/m0/s1. The molecule has 6 heteroatoms. The first kappa shape index (κ1) is 14.6. The number of urea groups is 1. The highest BCUT2D eigenvalue weighted by Crippen LogP contribution is 2.35. The second-order valence-electron chi connectivity index (χ2n) is 6.76. The van der Waals surface area contributed by atoms with Crippen molar-refractivity contribution in [3.8, 4) is 0 Å². The summed E-state index contributed by atoms with van der Waals surface area (Å²) < 4.78 is 4.83. The molecular weight excluding hydrogens is 270 g/mol. The second kappa shape index (κ2) is 5.48. The maximum absolute atomic E-state index is 12.6. The smallest absolute Gasteiger partial charge is 0.320 e. The van der Waals surface area contributed by atoms with Crippen LogP contribution < -0.4 is 5.32 Å². The predicted octanol–water partition coefficient (Wildman–Crippen LogP) is 0.818. The molecule has 1 aliphatic carbocycles. The molecule has 3 rings (SSSR count). The molecule has 1 saturated carbocycles. The fourth-order valence-electron chi connectivity index (χ4n) is 4.05. The lowest BCUT2D eigenvalue weighted by Crippen LogP contribution is -2.58. The third kappa shape index (κ3) is 2.50. The molecule has 0 radical (unpaired) electrons. The Morgan fingerprint density at radius 2 is 2.05 bits per heavy atom. The lowest BCUT2D eigenvalue weighted by molar-refractivity contribution is -0.146. The molecule has 0 aromatic carbocycles. The molecule has 0 bridgehead atoms. The SMILES string of the molecule is COC(=O)C1CCC(N2C[C@]3(C)CNCCN3C2=O)CC1. The number of carbonyl (C=O) groups excluding carboxylic acids is 2. The Kier molecular flexibility index (Phi) is 3.82. The zero-order chi connectivity index (χ0) is 15.0. The van der Waals surface area contributed by atoms with Gasteiger partial charge in [-0.15, -0.1) is 0 Å². The summed E-state index contributed by atoms with van der Waals surface area (Å²) in [5, 5.41) is 3.39. The molecule has 2 aliphatic heterocycles. The highest BCUT2D eigenvalue weighted by atomic mass is 16.5. The zero-order valence-corrected chi connectivity index (χ0v) is 12.9.